The summed E-state index contributed by atoms with van der Waals surface area (Å²) in [5, 5.41) is 5.48. The number of hydrogen-bond donors (Lipinski definition) is 0. The topological polar surface area (TPSA) is 70.2 Å². The number of benzene rings is 3. The summed E-state index contributed by atoms with van der Waals surface area (Å²) in [4.78, 5) is 17.7. The van der Waals surface area contributed by atoms with E-state index in [2.05, 4.69) is 10.1 Å². The van der Waals surface area contributed by atoms with Crippen LogP contribution in [0.4, 0.5) is 0 Å². The van der Waals surface area contributed by atoms with Gasteiger partial charge in [0.25, 0.3) is 11.4 Å². The molecule has 6 nitrogen and oxygen atoms in total. The van der Waals surface area contributed by atoms with Gasteiger partial charge < -0.3 is 9.26 Å². The molecule has 0 saturated carbocycles. The third-order valence-corrected chi connectivity index (χ3v) is 4.96. The van der Waals surface area contributed by atoms with Crippen LogP contribution in [0.15, 0.2) is 94.4 Å². The van der Waals surface area contributed by atoms with Crippen molar-refractivity contribution in [3.05, 3.63) is 95.4 Å². The Kier molecular flexibility index (Phi) is 4.37. The number of nitrogens with zero attached hydrogens (tertiary/aromatic N) is 3. The van der Waals surface area contributed by atoms with E-state index < -0.39 is 0 Å². The van der Waals surface area contributed by atoms with Gasteiger partial charge in [-0.15, -0.1) is 0 Å². The van der Waals surface area contributed by atoms with E-state index in [-0.39, 0.29) is 5.56 Å². The van der Waals surface area contributed by atoms with Crippen molar-refractivity contribution in [2.45, 2.75) is 0 Å². The van der Waals surface area contributed by atoms with Crippen molar-refractivity contribution in [1.29, 1.82) is 0 Å². The van der Waals surface area contributed by atoms with Crippen LogP contribution in [-0.4, -0.2) is 21.8 Å². The lowest BCUT2D eigenvalue weighted by atomic mass is 10.1. The molecule has 6 heteroatoms. The van der Waals surface area contributed by atoms with E-state index in [1.165, 1.54) is 0 Å². The Morgan fingerprint density at radius 3 is 2.33 bits per heavy atom. The standard InChI is InChI=1S/C24H17N3O3/c1-29-21-14-8-7-13-19(21)22-25-23(30-26-22)20-15-27(16-9-3-2-4-10-16)24(28)18-12-6-5-11-17(18)20/h2-15H,1H3. The van der Waals surface area contributed by atoms with Crippen molar-refractivity contribution in [2.75, 3.05) is 7.11 Å². The Hall–Kier alpha value is -4.19. The van der Waals surface area contributed by atoms with Gasteiger partial charge in [-0.3, -0.25) is 9.36 Å². The van der Waals surface area contributed by atoms with Crippen LogP contribution in [0.3, 0.4) is 0 Å². The molecule has 0 bridgehead atoms. The molecule has 0 aliphatic heterocycles. The molecule has 0 radical (unpaired) electrons. The molecule has 0 amide bonds. The first-order valence-corrected chi connectivity index (χ1v) is 9.43. The van der Waals surface area contributed by atoms with E-state index in [0.717, 1.165) is 16.6 Å². The van der Waals surface area contributed by atoms with E-state index in [4.69, 9.17) is 9.26 Å². The monoisotopic (exact) mass is 395 g/mol. The molecular formula is C24H17N3O3. The van der Waals surface area contributed by atoms with Crippen molar-refractivity contribution in [2.24, 2.45) is 0 Å². The average molecular weight is 395 g/mol. The maximum absolute atomic E-state index is 13.1. The maximum atomic E-state index is 13.1. The zero-order chi connectivity index (χ0) is 20.5. The molecule has 0 spiro atoms. The summed E-state index contributed by atoms with van der Waals surface area (Å²) in [5.74, 6) is 1.41. The number of hydrogen-bond acceptors (Lipinski definition) is 5. The second-order valence-corrected chi connectivity index (χ2v) is 6.72. The molecule has 146 valence electrons. The third-order valence-electron chi connectivity index (χ3n) is 4.96. The predicted molar refractivity (Wildman–Crippen MR) is 115 cm³/mol. The van der Waals surface area contributed by atoms with Crippen LogP contribution >= 0.6 is 0 Å². The summed E-state index contributed by atoms with van der Waals surface area (Å²) in [6.07, 6.45) is 1.75. The van der Waals surface area contributed by atoms with Gasteiger partial charge in [-0.1, -0.05) is 53.7 Å². The third kappa shape index (κ3) is 2.95. The molecule has 30 heavy (non-hydrogen) atoms. The number of fused-ring (bicyclic) bond motifs is 1. The largest absolute Gasteiger partial charge is 0.496 e. The number of para-hydroxylation sites is 2. The summed E-state index contributed by atoms with van der Waals surface area (Å²) < 4.78 is 12.6. The van der Waals surface area contributed by atoms with Crippen LogP contribution in [0.25, 0.3) is 39.3 Å². The average Bonchev–Trinajstić information content (AvgIpc) is 3.30. The van der Waals surface area contributed by atoms with Gasteiger partial charge in [0.05, 0.1) is 18.2 Å². The second kappa shape index (κ2) is 7.33. The Bertz CT molecular complexity index is 1400. The molecule has 5 aromatic rings. The zero-order valence-corrected chi connectivity index (χ0v) is 16.1. The highest BCUT2D eigenvalue weighted by Crippen LogP contribution is 2.31. The molecule has 0 aliphatic rings. The molecule has 3 aromatic carbocycles. The van der Waals surface area contributed by atoms with E-state index >= 15 is 0 Å². The Morgan fingerprint density at radius 1 is 0.833 bits per heavy atom. The first-order valence-electron chi connectivity index (χ1n) is 9.43. The summed E-state index contributed by atoms with van der Waals surface area (Å²) in [5.41, 5.74) is 2.07. The van der Waals surface area contributed by atoms with Crippen LogP contribution in [0, 0.1) is 0 Å². The number of rotatable bonds is 4. The number of pyridine rings is 1. The van der Waals surface area contributed by atoms with Gasteiger partial charge in [-0.2, -0.15) is 4.98 Å². The van der Waals surface area contributed by atoms with E-state index in [1.807, 2.05) is 72.8 Å². The minimum atomic E-state index is -0.106. The van der Waals surface area contributed by atoms with Crippen LogP contribution in [-0.2, 0) is 0 Å². The number of methoxy groups -OCH3 is 1. The first kappa shape index (κ1) is 17.9. The quantitative estimate of drug-likeness (QED) is 0.440. The van der Waals surface area contributed by atoms with Gasteiger partial charge in [0.1, 0.15) is 5.75 Å². The zero-order valence-electron chi connectivity index (χ0n) is 16.1. The first-order chi connectivity index (χ1) is 14.8. The minimum absolute atomic E-state index is 0.106. The molecule has 0 unspecified atom stereocenters. The summed E-state index contributed by atoms with van der Waals surface area (Å²) in [6, 6.07) is 24.4. The van der Waals surface area contributed by atoms with Crippen molar-refractivity contribution >= 4 is 10.8 Å². The number of aromatic nitrogens is 3. The summed E-state index contributed by atoms with van der Waals surface area (Å²) >= 11 is 0. The van der Waals surface area contributed by atoms with Gasteiger partial charge in [-0.25, -0.2) is 0 Å². The Balaban J connectivity index is 1.73. The Labute approximate surface area is 172 Å². The fourth-order valence-corrected chi connectivity index (χ4v) is 3.51. The SMILES string of the molecule is COc1ccccc1-c1noc(-c2cn(-c3ccccc3)c(=O)c3ccccc23)n1. The van der Waals surface area contributed by atoms with Crippen LogP contribution < -0.4 is 10.3 Å². The maximum Gasteiger partial charge on any atom is 0.262 e. The van der Waals surface area contributed by atoms with Crippen molar-refractivity contribution in [3.63, 3.8) is 0 Å². The normalized spacial score (nSPS) is 11.0. The molecule has 0 atom stereocenters. The lowest BCUT2D eigenvalue weighted by Gasteiger charge is -2.10. The van der Waals surface area contributed by atoms with E-state index in [9.17, 15) is 4.79 Å². The van der Waals surface area contributed by atoms with Gasteiger partial charge in [0, 0.05) is 22.7 Å². The molecule has 0 saturated heterocycles. The molecule has 0 N–H and O–H groups in total. The van der Waals surface area contributed by atoms with Crippen LogP contribution in [0.5, 0.6) is 5.75 Å². The van der Waals surface area contributed by atoms with Gasteiger partial charge in [0.15, 0.2) is 0 Å². The van der Waals surface area contributed by atoms with Gasteiger partial charge >= 0.3 is 0 Å². The van der Waals surface area contributed by atoms with Crippen molar-refractivity contribution in [3.8, 4) is 34.3 Å². The highest BCUT2D eigenvalue weighted by Gasteiger charge is 2.18. The fourth-order valence-electron chi connectivity index (χ4n) is 3.51. The fraction of sp³-hybridized carbons (Fsp3) is 0.0417. The smallest absolute Gasteiger partial charge is 0.262 e. The lowest BCUT2D eigenvalue weighted by molar-refractivity contribution is 0.413. The molecule has 2 heterocycles. The van der Waals surface area contributed by atoms with Gasteiger partial charge in [0.2, 0.25) is 5.82 Å². The van der Waals surface area contributed by atoms with Crippen molar-refractivity contribution < 1.29 is 9.26 Å². The summed E-state index contributed by atoms with van der Waals surface area (Å²) in [6.45, 7) is 0. The van der Waals surface area contributed by atoms with Crippen LogP contribution in [0.2, 0.25) is 0 Å². The summed E-state index contributed by atoms with van der Waals surface area (Å²) in [7, 11) is 1.60. The molecule has 2 aromatic heterocycles. The van der Waals surface area contributed by atoms with E-state index in [0.29, 0.717) is 28.4 Å². The second-order valence-electron chi connectivity index (χ2n) is 6.72. The molecule has 5 rings (SSSR count). The van der Waals surface area contributed by atoms with Crippen molar-refractivity contribution in [1.82, 2.24) is 14.7 Å². The van der Waals surface area contributed by atoms with E-state index in [1.54, 1.807) is 23.9 Å². The Morgan fingerprint density at radius 2 is 1.53 bits per heavy atom. The van der Waals surface area contributed by atoms with Crippen LogP contribution in [0.1, 0.15) is 0 Å². The highest BCUT2D eigenvalue weighted by atomic mass is 16.5. The molecule has 0 aliphatic carbocycles. The predicted octanol–water partition coefficient (Wildman–Crippen LogP) is 4.72. The molecule has 0 fully saturated rings. The highest BCUT2D eigenvalue weighted by molar-refractivity contribution is 5.94. The number of ether oxygens (including phenoxy) is 1. The lowest BCUT2D eigenvalue weighted by Crippen LogP contribution is -2.18. The minimum Gasteiger partial charge on any atom is -0.496 e. The molecular weight excluding hydrogens is 378 g/mol. The van der Waals surface area contributed by atoms with Gasteiger partial charge in [-0.05, 0) is 30.3 Å².